The second kappa shape index (κ2) is 8.55. The lowest BCUT2D eigenvalue weighted by Crippen LogP contribution is -1.97. The van der Waals surface area contributed by atoms with Gasteiger partial charge in [0.1, 0.15) is 0 Å². The van der Waals surface area contributed by atoms with E-state index in [4.69, 9.17) is 21.6 Å². The highest BCUT2D eigenvalue weighted by molar-refractivity contribution is 6.33. The number of halogens is 1. The molecule has 0 spiro atoms. The van der Waals surface area contributed by atoms with Crippen molar-refractivity contribution in [3.63, 3.8) is 0 Å². The predicted molar refractivity (Wildman–Crippen MR) is 129 cm³/mol. The lowest BCUT2D eigenvalue weighted by molar-refractivity contribution is 1.18. The third kappa shape index (κ3) is 3.98. The summed E-state index contributed by atoms with van der Waals surface area (Å²) < 4.78 is 0. The minimum absolute atomic E-state index is 0.677. The molecule has 148 valence electrons. The van der Waals surface area contributed by atoms with E-state index in [9.17, 15) is 0 Å². The summed E-state index contributed by atoms with van der Waals surface area (Å²) in [6, 6.07) is 38.5. The van der Waals surface area contributed by atoms with Gasteiger partial charge in [-0.2, -0.15) is 0 Å². The Morgan fingerprint density at radius 3 is 1.45 bits per heavy atom. The van der Waals surface area contributed by atoms with Crippen LogP contribution in [0.5, 0.6) is 0 Å². The van der Waals surface area contributed by atoms with Crippen LogP contribution in [0.4, 0.5) is 0 Å². The van der Waals surface area contributed by atoms with E-state index in [1.807, 2.05) is 78.9 Å². The molecule has 0 aliphatic carbocycles. The van der Waals surface area contributed by atoms with Gasteiger partial charge in [0, 0.05) is 27.3 Å². The van der Waals surface area contributed by atoms with Gasteiger partial charge in [-0.3, -0.25) is 0 Å². The van der Waals surface area contributed by atoms with Crippen molar-refractivity contribution < 1.29 is 0 Å². The van der Waals surface area contributed by atoms with Crippen molar-refractivity contribution in [2.45, 2.75) is 0 Å². The summed E-state index contributed by atoms with van der Waals surface area (Å²) in [5.41, 5.74) is 6.81. The maximum Gasteiger partial charge on any atom is 0.161 e. The van der Waals surface area contributed by atoms with E-state index < -0.39 is 0 Å². The summed E-state index contributed by atoms with van der Waals surface area (Å²) in [5, 5.41) is 0.706. The molecule has 0 aliphatic rings. The Labute approximate surface area is 186 Å². The molecular weight excluding hydrogens is 400 g/mol. The summed E-state index contributed by atoms with van der Waals surface area (Å²) in [7, 11) is 0. The van der Waals surface area contributed by atoms with Crippen molar-refractivity contribution in [3.05, 3.63) is 120 Å². The number of hydrogen-bond acceptors (Lipinski definition) is 2. The van der Waals surface area contributed by atoms with Gasteiger partial charge < -0.3 is 0 Å². The molecule has 31 heavy (non-hydrogen) atoms. The van der Waals surface area contributed by atoms with Gasteiger partial charge in [0.15, 0.2) is 5.82 Å². The summed E-state index contributed by atoms with van der Waals surface area (Å²) in [4.78, 5) is 9.92. The van der Waals surface area contributed by atoms with Crippen molar-refractivity contribution in [1.82, 2.24) is 9.97 Å². The van der Waals surface area contributed by atoms with Crippen LogP contribution in [0.15, 0.2) is 115 Å². The average Bonchev–Trinajstić information content (AvgIpc) is 2.85. The molecule has 3 heteroatoms. The molecule has 0 N–H and O–H groups in total. The topological polar surface area (TPSA) is 25.8 Å². The second-order valence-corrected chi connectivity index (χ2v) is 7.63. The molecule has 1 aromatic heterocycles. The Hall–Kier alpha value is -3.75. The molecule has 2 nitrogen and oxygen atoms in total. The highest BCUT2D eigenvalue weighted by Gasteiger charge is 2.15. The highest BCUT2D eigenvalue weighted by atomic mass is 35.5. The fraction of sp³-hybridized carbons (Fsp3) is 0. The quantitative estimate of drug-likeness (QED) is 0.297. The molecule has 0 saturated heterocycles. The maximum atomic E-state index is 6.53. The van der Waals surface area contributed by atoms with Gasteiger partial charge in [-0.15, -0.1) is 0 Å². The molecule has 0 aliphatic heterocycles. The van der Waals surface area contributed by atoms with Crippen LogP contribution in [0.25, 0.3) is 45.0 Å². The molecule has 0 unspecified atom stereocenters. The largest absolute Gasteiger partial charge is 0.228 e. The van der Waals surface area contributed by atoms with Crippen molar-refractivity contribution >= 4 is 11.6 Å². The normalized spacial score (nSPS) is 10.7. The van der Waals surface area contributed by atoms with E-state index in [2.05, 4.69) is 36.4 Å². The van der Waals surface area contributed by atoms with E-state index >= 15 is 0 Å². The van der Waals surface area contributed by atoms with Crippen LogP contribution in [-0.4, -0.2) is 9.97 Å². The predicted octanol–water partition coefficient (Wildman–Crippen LogP) is 7.80. The third-order valence-corrected chi connectivity index (χ3v) is 5.53. The van der Waals surface area contributed by atoms with Gasteiger partial charge in [-0.1, -0.05) is 115 Å². The van der Waals surface area contributed by atoms with Crippen LogP contribution in [0.2, 0.25) is 5.02 Å². The van der Waals surface area contributed by atoms with Crippen LogP contribution in [0.3, 0.4) is 0 Å². The zero-order chi connectivity index (χ0) is 21.0. The first kappa shape index (κ1) is 19.2. The third-order valence-electron chi connectivity index (χ3n) is 5.20. The van der Waals surface area contributed by atoms with E-state index in [0.29, 0.717) is 10.8 Å². The van der Waals surface area contributed by atoms with Crippen LogP contribution in [-0.2, 0) is 0 Å². The fourth-order valence-corrected chi connectivity index (χ4v) is 3.91. The number of rotatable bonds is 4. The van der Waals surface area contributed by atoms with Gasteiger partial charge in [0.05, 0.1) is 11.4 Å². The van der Waals surface area contributed by atoms with Gasteiger partial charge in [-0.05, 0) is 17.7 Å². The lowest BCUT2D eigenvalue weighted by Gasteiger charge is -2.13. The number of aromatic nitrogens is 2. The molecule has 0 amide bonds. The van der Waals surface area contributed by atoms with Gasteiger partial charge in [-0.25, -0.2) is 9.97 Å². The minimum Gasteiger partial charge on any atom is -0.228 e. The highest BCUT2D eigenvalue weighted by Crippen LogP contribution is 2.36. The van der Waals surface area contributed by atoms with Crippen molar-refractivity contribution in [1.29, 1.82) is 0 Å². The Balaban J connectivity index is 1.75. The summed E-state index contributed by atoms with van der Waals surface area (Å²) in [6.45, 7) is 0. The molecule has 0 bridgehead atoms. The van der Waals surface area contributed by atoms with Gasteiger partial charge >= 0.3 is 0 Å². The molecule has 5 rings (SSSR count). The molecule has 0 radical (unpaired) electrons. The standard InChI is InChI=1S/C28H19ClN2/c29-25-18-10-9-16-23(25)22-15-7-8-17-24(22)28-30-26(20-11-3-1-4-12-20)19-27(31-28)21-13-5-2-6-14-21/h1-19H. The van der Waals surface area contributed by atoms with Crippen LogP contribution < -0.4 is 0 Å². The minimum atomic E-state index is 0.677. The molecule has 5 aromatic rings. The summed E-state index contributed by atoms with van der Waals surface area (Å²) >= 11 is 6.53. The van der Waals surface area contributed by atoms with Gasteiger partial charge in [0.2, 0.25) is 0 Å². The van der Waals surface area contributed by atoms with Crippen LogP contribution in [0, 0.1) is 0 Å². The molecule has 0 fully saturated rings. The molecule has 4 aromatic carbocycles. The van der Waals surface area contributed by atoms with Crippen LogP contribution in [0.1, 0.15) is 0 Å². The Morgan fingerprint density at radius 2 is 0.903 bits per heavy atom. The number of benzene rings is 4. The fourth-order valence-electron chi connectivity index (χ4n) is 3.67. The second-order valence-electron chi connectivity index (χ2n) is 7.22. The molecular formula is C28H19ClN2. The van der Waals surface area contributed by atoms with E-state index in [0.717, 1.165) is 39.2 Å². The first-order valence-corrected chi connectivity index (χ1v) is 10.5. The Bertz CT molecular complexity index is 1270. The van der Waals surface area contributed by atoms with E-state index in [1.54, 1.807) is 0 Å². The zero-order valence-electron chi connectivity index (χ0n) is 16.7. The Morgan fingerprint density at radius 1 is 0.452 bits per heavy atom. The molecule has 0 saturated carbocycles. The SMILES string of the molecule is Clc1ccccc1-c1ccccc1-c1nc(-c2ccccc2)cc(-c2ccccc2)n1. The number of nitrogens with zero attached hydrogens (tertiary/aromatic N) is 2. The molecule has 0 atom stereocenters. The Kier molecular flexibility index (Phi) is 5.30. The monoisotopic (exact) mass is 418 g/mol. The molecule has 1 heterocycles. The average molecular weight is 419 g/mol. The van der Waals surface area contributed by atoms with Crippen molar-refractivity contribution in [2.75, 3.05) is 0 Å². The first-order valence-electron chi connectivity index (χ1n) is 10.1. The maximum absolute atomic E-state index is 6.53. The summed E-state index contributed by atoms with van der Waals surface area (Å²) in [5.74, 6) is 0.677. The lowest BCUT2D eigenvalue weighted by atomic mass is 9.98. The smallest absolute Gasteiger partial charge is 0.161 e. The van der Waals surface area contributed by atoms with E-state index in [1.165, 1.54) is 0 Å². The van der Waals surface area contributed by atoms with Crippen molar-refractivity contribution in [3.8, 4) is 45.0 Å². The van der Waals surface area contributed by atoms with Crippen molar-refractivity contribution in [2.24, 2.45) is 0 Å². The van der Waals surface area contributed by atoms with Gasteiger partial charge in [0.25, 0.3) is 0 Å². The number of hydrogen-bond donors (Lipinski definition) is 0. The van der Waals surface area contributed by atoms with E-state index in [-0.39, 0.29) is 0 Å². The summed E-state index contributed by atoms with van der Waals surface area (Å²) in [6.07, 6.45) is 0. The first-order chi connectivity index (χ1) is 15.3. The zero-order valence-corrected chi connectivity index (χ0v) is 17.5. The van der Waals surface area contributed by atoms with Crippen LogP contribution >= 0.6 is 11.6 Å².